The van der Waals surface area contributed by atoms with Gasteiger partial charge in [0, 0.05) is 10.5 Å². The van der Waals surface area contributed by atoms with E-state index >= 15 is 0 Å². The Labute approximate surface area is 136 Å². The molecule has 2 fully saturated rings. The van der Waals surface area contributed by atoms with Crippen molar-refractivity contribution in [2.24, 2.45) is 5.92 Å². The van der Waals surface area contributed by atoms with Crippen LogP contribution < -0.4 is 0 Å². The number of aliphatic carboxylic acids is 1. The van der Waals surface area contributed by atoms with Crippen LogP contribution in [0.15, 0.2) is 22.7 Å². The summed E-state index contributed by atoms with van der Waals surface area (Å²) in [5, 5.41) is 9.45. The second kappa shape index (κ2) is 5.99. The third-order valence-electron chi connectivity index (χ3n) is 4.77. The number of fused-ring (bicyclic) bond motifs is 1. The number of likely N-dealkylation sites (tertiary alicyclic amines) is 1. The van der Waals surface area contributed by atoms with Crippen LogP contribution in [-0.2, 0) is 4.79 Å². The molecule has 3 atom stereocenters. The zero-order valence-electron chi connectivity index (χ0n) is 12.0. The van der Waals surface area contributed by atoms with Crippen LogP contribution in [0, 0.1) is 11.7 Å². The van der Waals surface area contributed by atoms with Gasteiger partial charge in [0.1, 0.15) is 11.9 Å². The Morgan fingerprint density at radius 1 is 1.27 bits per heavy atom. The zero-order chi connectivity index (χ0) is 15.9. The molecule has 1 aromatic rings. The molecule has 4 nitrogen and oxygen atoms in total. The van der Waals surface area contributed by atoms with Crippen molar-refractivity contribution in [3.63, 3.8) is 0 Å². The molecule has 1 aromatic carbocycles. The van der Waals surface area contributed by atoms with Crippen LogP contribution in [0.25, 0.3) is 0 Å². The fraction of sp³-hybridized carbons (Fsp3) is 0.500. The van der Waals surface area contributed by atoms with Crippen molar-refractivity contribution in [1.29, 1.82) is 0 Å². The topological polar surface area (TPSA) is 57.6 Å². The van der Waals surface area contributed by atoms with E-state index in [1.165, 1.54) is 23.1 Å². The molecule has 0 bridgehead atoms. The van der Waals surface area contributed by atoms with Crippen LogP contribution in [0.5, 0.6) is 0 Å². The van der Waals surface area contributed by atoms with E-state index in [-0.39, 0.29) is 17.5 Å². The van der Waals surface area contributed by atoms with E-state index in [1.54, 1.807) is 0 Å². The molecule has 6 heteroatoms. The Hall–Kier alpha value is -1.43. The highest BCUT2D eigenvalue weighted by Gasteiger charge is 2.48. The van der Waals surface area contributed by atoms with Gasteiger partial charge in [-0.25, -0.2) is 9.18 Å². The van der Waals surface area contributed by atoms with Crippen molar-refractivity contribution < 1.29 is 19.1 Å². The lowest BCUT2D eigenvalue weighted by Crippen LogP contribution is -2.46. The Morgan fingerprint density at radius 3 is 2.73 bits per heavy atom. The number of amides is 1. The highest BCUT2D eigenvalue weighted by molar-refractivity contribution is 9.10. The van der Waals surface area contributed by atoms with Crippen molar-refractivity contribution in [3.05, 3.63) is 34.1 Å². The molecule has 3 rings (SSSR count). The average molecular weight is 370 g/mol. The van der Waals surface area contributed by atoms with Gasteiger partial charge in [0.15, 0.2) is 0 Å². The fourth-order valence-electron chi connectivity index (χ4n) is 3.77. The Morgan fingerprint density at radius 2 is 2.00 bits per heavy atom. The first-order chi connectivity index (χ1) is 10.5. The number of hydrogen-bond acceptors (Lipinski definition) is 2. The number of hydrogen-bond donors (Lipinski definition) is 1. The van der Waals surface area contributed by atoms with Crippen molar-refractivity contribution in [3.8, 4) is 0 Å². The van der Waals surface area contributed by atoms with Gasteiger partial charge in [0.05, 0.1) is 5.56 Å². The molecule has 1 saturated heterocycles. The van der Waals surface area contributed by atoms with Crippen LogP contribution in [-0.4, -0.2) is 34.0 Å². The van der Waals surface area contributed by atoms with Gasteiger partial charge in [0.25, 0.3) is 5.91 Å². The minimum atomic E-state index is -1.00. The van der Waals surface area contributed by atoms with Crippen LogP contribution in [0.1, 0.15) is 42.5 Å². The van der Waals surface area contributed by atoms with Gasteiger partial charge in [-0.2, -0.15) is 0 Å². The third-order valence-corrected chi connectivity index (χ3v) is 5.26. The predicted octanol–water partition coefficient (Wildman–Crippen LogP) is 3.45. The molecule has 22 heavy (non-hydrogen) atoms. The van der Waals surface area contributed by atoms with Crippen LogP contribution >= 0.6 is 15.9 Å². The Bertz CT molecular complexity index is 621. The van der Waals surface area contributed by atoms with Gasteiger partial charge in [-0.05, 0) is 43.4 Å². The maximum absolute atomic E-state index is 14.0. The molecule has 1 amide bonds. The molecular formula is C16H17BrFNO3. The predicted molar refractivity (Wildman–Crippen MR) is 82.1 cm³/mol. The van der Waals surface area contributed by atoms with Crippen LogP contribution in [0.3, 0.4) is 0 Å². The lowest BCUT2D eigenvalue weighted by atomic mass is 9.84. The smallest absolute Gasteiger partial charge is 0.326 e. The molecular weight excluding hydrogens is 353 g/mol. The molecule has 3 unspecified atom stereocenters. The first-order valence-corrected chi connectivity index (χ1v) is 8.29. The van der Waals surface area contributed by atoms with Crippen molar-refractivity contribution in [2.45, 2.75) is 44.2 Å². The lowest BCUT2D eigenvalue weighted by Gasteiger charge is -2.33. The average Bonchev–Trinajstić information content (AvgIpc) is 2.88. The molecule has 0 aromatic heterocycles. The van der Waals surface area contributed by atoms with Gasteiger partial charge < -0.3 is 10.0 Å². The standard InChI is InChI=1S/C16H17BrFNO3/c17-10-5-6-12(18)11(8-10)15(20)19-13-4-2-1-3-9(13)7-14(19)16(21)22/h5-6,8-9,13-14H,1-4,7H2,(H,21,22). The Kier molecular flexibility index (Phi) is 4.21. The summed E-state index contributed by atoms with van der Waals surface area (Å²) in [6.07, 6.45) is 4.27. The third kappa shape index (κ3) is 2.64. The van der Waals surface area contributed by atoms with E-state index in [0.717, 1.165) is 25.7 Å². The number of halogens is 2. The van der Waals surface area contributed by atoms with Gasteiger partial charge in [-0.1, -0.05) is 28.8 Å². The SMILES string of the molecule is O=C(O)C1CC2CCCCC2N1C(=O)c1cc(Br)ccc1F. The van der Waals surface area contributed by atoms with Crippen molar-refractivity contribution in [1.82, 2.24) is 4.90 Å². The largest absolute Gasteiger partial charge is 0.480 e. The van der Waals surface area contributed by atoms with E-state index in [0.29, 0.717) is 10.9 Å². The minimum absolute atomic E-state index is 0.0631. The first-order valence-electron chi connectivity index (χ1n) is 7.49. The van der Waals surface area contributed by atoms with Crippen molar-refractivity contribution >= 4 is 27.8 Å². The normalized spacial score (nSPS) is 27.5. The number of carbonyl (C=O) groups is 2. The summed E-state index contributed by atoms with van der Waals surface area (Å²) in [5.74, 6) is -1.91. The number of carbonyl (C=O) groups excluding carboxylic acids is 1. The second-order valence-corrected chi connectivity index (χ2v) is 6.95. The maximum atomic E-state index is 14.0. The number of rotatable bonds is 2. The van der Waals surface area contributed by atoms with Gasteiger partial charge >= 0.3 is 5.97 Å². The summed E-state index contributed by atoms with van der Waals surface area (Å²) in [6, 6.07) is 3.24. The van der Waals surface area contributed by atoms with Gasteiger partial charge in [-0.15, -0.1) is 0 Å². The molecule has 1 saturated carbocycles. The van der Waals surface area contributed by atoms with E-state index in [1.807, 2.05) is 0 Å². The number of nitrogens with zero attached hydrogens (tertiary/aromatic N) is 1. The molecule has 2 aliphatic rings. The molecule has 1 aliphatic heterocycles. The molecule has 1 aliphatic carbocycles. The summed E-state index contributed by atoms with van der Waals surface area (Å²) in [5.41, 5.74) is -0.0631. The molecule has 1 heterocycles. The summed E-state index contributed by atoms with van der Waals surface area (Å²) in [4.78, 5) is 25.8. The van der Waals surface area contributed by atoms with E-state index in [2.05, 4.69) is 15.9 Å². The summed E-state index contributed by atoms with van der Waals surface area (Å²) >= 11 is 3.23. The van der Waals surface area contributed by atoms with E-state index < -0.39 is 23.7 Å². The molecule has 0 spiro atoms. The summed E-state index contributed by atoms with van der Waals surface area (Å²) < 4.78 is 14.6. The molecule has 0 radical (unpaired) electrons. The van der Waals surface area contributed by atoms with E-state index in [4.69, 9.17) is 0 Å². The highest BCUT2D eigenvalue weighted by Crippen LogP contribution is 2.40. The first kappa shape index (κ1) is 15.5. The summed E-state index contributed by atoms with van der Waals surface area (Å²) in [6.45, 7) is 0. The van der Waals surface area contributed by atoms with Gasteiger partial charge in [-0.3, -0.25) is 4.79 Å². The van der Waals surface area contributed by atoms with Gasteiger partial charge in [0.2, 0.25) is 0 Å². The monoisotopic (exact) mass is 369 g/mol. The Balaban J connectivity index is 1.97. The lowest BCUT2D eigenvalue weighted by molar-refractivity contribution is -0.141. The van der Waals surface area contributed by atoms with E-state index in [9.17, 15) is 19.1 Å². The molecule has 118 valence electrons. The quantitative estimate of drug-likeness (QED) is 0.868. The maximum Gasteiger partial charge on any atom is 0.326 e. The molecule has 1 N–H and O–H groups in total. The fourth-order valence-corrected chi connectivity index (χ4v) is 4.13. The second-order valence-electron chi connectivity index (χ2n) is 6.04. The minimum Gasteiger partial charge on any atom is -0.480 e. The zero-order valence-corrected chi connectivity index (χ0v) is 13.6. The van der Waals surface area contributed by atoms with Crippen molar-refractivity contribution in [2.75, 3.05) is 0 Å². The highest BCUT2D eigenvalue weighted by atomic mass is 79.9. The number of carboxylic acid groups (broad SMARTS) is 1. The number of benzene rings is 1. The number of carboxylic acids is 1. The summed E-state index contributed by atoms with van der Waals surface area (Å²) in [7, 11) is 0. The van der Waals surface area contributed by atoms with Crippen LogP contribution in [0.4, 0.5) is 4.39 Å². The van der Waals surface area contributed by atoms with Crippen LogP contribution in [0.2, 0.25) is 0 Å².